The monoisotopic (exact) mass is 256 g/mol. The molecule has 2 N–H and O–H groups in total. The highest BCUT2D eigenvalue weighted by Crippen LogP contribution is 2.24. The number of aliphatic hydroxyl groups excluding tert-OH is 1. The summed E-state index contributed by atoms with van der Waals surface area (Å²) in [5.74, 6) is 1.44. The maximum absolute atomic E-state index is 8.99. The summed E-state index contributed by atoms with van der Waals surface area (Å²) in [7, 11) is 0. The van der Waals surface area contributed by atoms with Gasteiger partial charge in [0.2, 0.25) is 0 Å². The molecule has 0 spiro atoms. The van der Waals surface area contributed by atoms with Crippen molar-refractivity contribution in [2.75, 3.05) is 39.3 Å². The average Bonchev–Trinajstić information content (AvgIpc) is 2.64. The van der Waals surface area contributed by atoms with Crippen LogP contribution < -0.4 is 5.32 Å². The molecule has 18 heavy (non-hydrogen) atoms. The first kappa shape index (κ1) is 15.9. The Labute approximate surface area is 113 Å². The van der Waals surface area contributed by atoms with Crippen LogP contribution in [0.25, 0.3) is 0 Å². The summed E-state index contributed by atoms with van der Waals surface area (Å²) < 4.78 is 0. The van der Waals surface area contributed by atoms with Gasteiger partial charge in [-0.15, -0.1) is 0 Å². The van der Waals surface area contributed by atoms with Crippen molar-refractivity contribution in [2.45, 2.75) is 40.5 Å². The van der Waals surface area contributed by atoms with E-state index in [-0.39, 0.29) is 0 Å². The van der Waals surface area contributed by atoms with Gasteiger partial charge in [-0.05, 0) is 43.2 Å². The number of aliphatic hydroxyl groups is 1. The van der Waals surface area contributed by atoms with E-state index in [1.165, 1.54) is 26.1 Å². The number of hydrogen-bond donors (Lipinski definition) is 2. The van der Waals surface area contributed by atoms with Gasteiger partial charge in [-0.25, -0.2) is 0 Å². The van der Waals surface area contributed by atoms with E-state index in [0.29, 0.717) is 12.0 Å². The van der Waals surface area contributed by atoms with Crippen LogP contribution in [0.15, 0.2) is 0 Å². The molecular formula is C15H32N2O. The zero-order valence-corrected chi connectivity index (χ0v) is 12.7. The van der Waals surface area contributed by atoms with Crippen molar-refractivity contribution in [1.82, 2.24) is 10.2 Å². The number of hydrogen-bond acceptors (Lipinski definition) is 3. The Bertz CT molecular complexity index is 229. The van der Waals surface area contributed by atoms with E-state index in [0.717, 1.165) is 31.3 Å². The molecule has 1 heterocycles. The minimum Gasteiger partial charge on any atom is -0.396 e. The van der Waals surface area contributed by atoms with Crippen molar-refractivity contribution in [1.29, 1.82) is 0 Å². The van der Waals surface area contributed by atoms with Crippen LogP contribution in [-0.2, 0) is 0 Å². The standard InChI is InChI=1S/C15H32N2O/c1-13(2)9-16-11-15(3,4)12-17-7-5-14(10-17)6-8-18/h13-14,16,18H,5-12H2,1-4H3. The smallest absolute Gasteiger partial charge is 0.0434 e. The van der Waals surface area contributed by atoms with Gasteiger partial charge in [-0.3, -0.25) is 0 Å². The van der Waals surface area contributed by atoms with E-state index in [1.807, 2.05) is 0 Å². The van der Waals surface area contributed by atoms with Crippen LogP contribution in [0, 0.1) is 17.3 Å². The lowest BCUT2D eigenvalue weighted by Gasteiger charge is -2.31. The first-order valence-electron chi connectivity index (χ1n) is 7.47. The van der Waals surface area contributed by atoms with Crippen LogP contribution in [-0.4, -0.2) is 49.3 Å². The molecule has 1 rings (SSSR count). The summed E-state index contributed by atoms with van der Waals surface area (Å²) in [4.78, 5) is 2.57. The lowest BCUT2D eigenvalue weighted by atomic mass is 9.92. The van der Waals surface area contributed by atoms with Gasteiger partial charge in [0.15, 0.2) is 0 Å². The molecule has 0 aliphatic carbocycles. The summed E-state index contributed by atoms with van der Waals surface area (Å²) in [5, 5.41) is 12.6. The third-order valence-electron chi connectivity index (χ3n) is 3.72. The van der Waals surface area contributed by atoms with Gasteiger partial charge in [-0.2, -0.15) is 0 Å². The molecule has 0 amide bonds. The normalized spacial score (nSPS) is 22.0. The second kappa shape index (κ2) is 7.46. The van der Waals surface area contributed by atoms with E-state index in [9.17, 15) is 0 Å². The summed E-state index contributed by atoms with van der Waals surface area (Å²) in [6, 6.07) is 0. The maximum Gasteiger partial charge on any atom is 0.0434 e. The maximum atomic E-state index is 8.99. The van der Waals surface area contributed by atoms with Crippen LogP contribution >= 0.6 is 0 Å². The molecule has 1 saturated heterocycles. The van der Waals surface area contributed by atoms with Crippen LogP contribution in [0.2, 0.25) is 0 Å². The predicted octanol–water partition coefficient (Wildman–Crippen LogP) is 1.96. The average molecular weight is 256 g/mol. The van der Waals surface area contributed by atoms with Crippen molar-refractivity contribution in [3.05, 3.63) is 0 Å². The minimum absolute atomic E-state index is 0.336. The van der Waals surface area contributed by atoms with Crippen LogP contribution in [0.3, 0.4) is 0 Å². The number of nitrogens with zero attached hydrogens (tertiary/aromatic N) is 1. The van der Waals surface area contributed by atoms with Crippen molar-refractivity contribution >= 4 is 0 Å². The molecule has 1 atom stereocenters. The molecule has 3 nitrogen and oxygen atoms in total. The quantitative estimate of drug-likeness (QED) is 0.697. The van der Waals surface area contributed by atoms with Crippen molar-refractivity contribution in [2.24, 2.45) is 17.3 Å². The lowest BCUT2D eigenvalue weighted by Crippen LogP contribution is -2.40. The number of nitrogens with one attached hydrogen (secondary N) is 1. The Balaban J connectivity index is 2.23. The first-order chi connectivity index (χ1) is 8.43. The fourth-order valence-electron chi connectivity index (χ4n) is 2.84. The highest BCUT2D eigenvalue weighted by molar-refractivity contribution is 4.82. The highest BCUT2D eigenvalue weighted by Gasteiger charge is 2.27. The summed E-state index contributed by atoms with van der Waals surface area (Å²) in [5.41, 5.74) is 0.336. The first-order valence-corrected chi connectivity index (χ1v) is 7.47. The molecule has 1 unspecified atom stereocenters. The lowest BCUT2D eigenvalue weighted by molar-refractivity contribution is 0.192. The van der Waals surface area contributed by atoms with Crippen LogP contribution in [0.4, 0.5) is 0 Å². The van der Waals surface area contributed by atoms with Crippen LogP contribution in [0.1, 0.15) is 40.5 Å². The minimum atomic E-state index is 0.336. The highest BCUT2D eigenvalue weighted by atomic mass is 16.3. The van der Waals surface area contributed by atoms with E-state index < -0.39 is 0 Å². The van der Waals surface area contributed by atoms with Crippen molar-refractivity contribution < 1.29 is 5.11 Å². The zero-order chi connectivity index (χ0) is 13.6. The molecule has 1 aliphatic rings. The fourth-order valence-corrected chi connectivity index (χ4v) is 2.84. The van der Waals surface area contributed by atoms with Gasteiger partial charge in [0.05, 0.1) is 0 Å². The van der Waals surface area contributed by atoms with Crippen LogP contribution in [0.5, 0.6) is 0 Å². The molecule has 0 aromatic carbocycles. The SMILES string of the molecule is CC(C)CNCC(C)(C)CN1CCC(CCO)C1. The Morgan fingerprint density at radius 1 is 1.39 bits per heavy atom. The Morgan fingerprint density at radius 3 is 2.72 bits per heavy atom. The van der Waals surface area contributed by atoms with E-state index in [1.54, 1.807) is 0 Å². The van der Waals surface area contributed by atoms with Gasteiger partial charge in [-0.1, -0.05) is 27.7 Å². The topological polar surface area (TPSA) is 35.5 Å². The van der Waals surface area contributed by atoms with Gasteiger partial charge < -0.3 is 15.3 Å². The molecule has 3 heteroatoms. The summed E-state index contributed by atoms with van der Waals surface area (Å²) in [6.07, 6.45) is 2.23. The molecule has 0 aromatic heterocycles. The Morgan fingerprint density at radius 2 is 2.11 bits per heavy atom. The van der Waals surface area contributed by atoms with Gasteiger partial charge in [0.25, 0.3) is 0 Å². The Kier molecular flexibility index (Phi) is 6.61. The number of likely N-dealkylation sites (tertiary alicyclic amines) is 1. The van der Waals surface area contributed by atoms with E-state index >= 15 is 0 Å². The summed E-state index contributed by atoms with van der Waals surface area (Å²) >= 11 is 0. The van der Waals surface area contributed by atoms with Crippen molar-refractivity contribution in [3.63, 3.8) is 0 Å². The molecule has 0 aromatic rings. The van der Waals surface area contributed by atoms with Gasteiger partial charge in [0, 0.05) is 26.2 Å². The molecule has 108 valence electrons. The second-order valence-electron chi connectivity index (χ2n) is 7.09. The molecule has 0 radical (unpaired) electrons. The third-order valence-corrected chi connectivity index (χ3v) is 3.72. The van der Waals surface area contributed by atoms with Gasteiger partial charge in [0.1, 0.15) is 0 Å². The molecule has 1 aliphatic heterocycles. The largest absolute Gasteiger partial charge is 0.396 e. The molecule has 0 bridgehead atoms. The van der Waals surface area contributed by atoms with E-state index in [2.05, 4.69) is 37.9 Å². The van der Waals surface area contributed by atoms with Crippen molar-refractivity contribution in [3.8, 4) is 0 Å². The molecule has 0 saturated carbocycles. The fraction of sp³-hybridized carbons (Fsp3) is 1.00. The second-order valence-corrected chi connectivity index (χ2v) is 7.09. The Hall–Kier alpha value is -0.120. The number of rotatable bonds is 8. The molecular weight excluding hydrogens is 224 g/mol. The van der Waals surface area contributed by atoms with Gasteiger partial charge >= 0.3 is 0 Å². The molecule has 1 fully saturated rings. The predicted molar refractivity (Wildman–Crippen MR) is 77.7 cm³/mol. The summed E-state index contributed by atoms with van der Waals surface area (Å²) in [6.45, 7) is 15.3. The zero-order valence-electron chi connectivity index (χ0n) is 12.7. The van der Waals surface area contributed by atoms with E-state index in [4.69, 9.17) is 5.11 Å². The third kappa shape index (κ3) is 6.17.